The van der Waals surface area contributed by atoms with Crippen molar-refractivity contribution in [2.75, 3.05) is 32.5 Å². The molecule has 0 amide bonds. The second-order valence-corrected chi connectivity index (χ2v) is 4.37. The summed E-state index contributed by atoms with van der Waals surface area (Å²) < 4.78 is 0. The van der Waals surface area contributed by atoms with Crippen LogP contribution in [-0.4, -0.2) is 37.0 Å². The standard InChI is InChI=1S/C9H15N3O2S/c1-11(2)6-3-5-10-8-4-7-15-9(8)12(13)14/h4,7,10H,3,5-6H2,1-2H3. The molecule has 15 heavy (non-hydrogen) atoms. The number of thiophene rings is 1. The highest BCUT2D eigenvalue weighted by atomic mass is 32.1. The predicted molar refractivity (Wildman–Crippen MR) is 62.6 cm³/mol. The minimum Gasteiger partial charge on any atom is -0.379 e. The average Bonchev–Trinajstić information content (AvgIpc) is 2.60. The lowest BCUT2D eigenvalue weighted by atomic mass is 10.4. The van der Waals surface area contributed by atoms with E-state index in [1.807, 2.05) is 14.1 Å². The Balaban J connectivity index is 2.37. The Kier molecular flexibility index (Phi) is 4.51. The first-order chi connectivity index (χ1) is 7.11. The first kappa shape index (κ1) is 11.9. The molecule has 1 aromatic heterocycles. The lowest BCUT2D eigenvalue weighted by molar-refractivity contribution is -0.379. The van der Waals surface area contributed by atoms with E-state index in [0.29, 0.717) is 5.69 Å². The molecule has 1 heterocycles. The monoisotopic (exact) mass is 229 g/mol. The third-order valence-corrected chi connectivity index (χ3v) is 2.77. The molecule has 0 bridgehead atoms. The summed E-state index contributed by atoms with van der Waals surface area (Å²) in [4.78, 5) is 12.3. The van der Waals surface area contributed by atoms with Gasteiger partial charge in [-0.25, -0.2) is 0 Å². The molecule has 1 aromatic rings. The van der Waals surface area contributed by atoms with Gasteiger partial charge in [0, 0.05) is 6.54 Å². The molecule has 84 valence electrons. The molecular formula is C9H15N3O2S. The van der Waals surface area contributed by atoms with E-state index >= 15 is 0 Å². The fourth-order valence-corrected chi connectivity index (χ4v) is 1.88. The molecular weight excluding hydrogens is 214 g/mol. The predicted octanol–water partition coefficient (Wildman–Crippen LogP) is 2.02. The molecule has 0 saturated carbocycles. The second-order valence-electron chi connectivity index (χ2n) is 3.48. The third kappa shape index (κ3) is 3.85. The molecule has 0 aromatic carbocycles. The summed E-state index contributed by atoms with van der Waals surface area (Å²) in [6.07, 6.45) is 0.972. The van der Waals surface area contributed by atoms with Gasteiger partial charge in [0.25, 0.3) is 0 Å². The van der Waals surface area contributed by atoms with E-state index in [2.05, 4.69) is 10.2 Å². The minimum absolute atomic E-state index is 0.194. The maximum Gasteiger partial charge on any atom is 0.347 e. The first-order valence-electron chi connectivity index (χ1n) is 4.71. The number of anilines is 1. The Morgan fingerprint density at radius 1 is 1.60 bits per heavy atom. The maximum absolute atomic E-state index is 10.6. The van der Waals surface area contributed by atoms with Crippen LogP contribution in [0.2, 0.25) is 0 Å². The SMILES string of the molecule is CN(C)CCCNc1ccsc1[N+](=O)[O-]. The van der Waals surface area contributed by atoms with Crippen LogP contribution in [0.15, 0.2) is 11.4 Å². The average molecular weight is 229 g/mol. The fourth-order valence-electron chi connectivity index (χ4n) is 1.20. The molecule has 0 aliphatic rings. The molecule has 0 aliphatic carbocycles. The fraction of sp³-hybridized carbons (Fsp3) is 0.556. The zero-order valence-corrected chi connectivity index (χ0v) is 9.71. The first-order valence-corrected chi connectivity index (χ1v) is 5.59. The largest absolute Gasteiger partial charge is 0.379 e. The Labute approximate surface area is 92.9 Å². The summed E-state index contributed by atoms with van der Waals surface area (Å²) in [5, 5.41) is 15.6. The number of rotatable bonds is 6. The van der Waals surface area contributed by atoms with Crippen molar-refractivity contribution in [2.24, 2.45) is 0 Å². The summed E-state index contributed by atoms with van der Waals surface area (Å²) in [5.41, 5.74) is 0.628. The van der Waals surface area contributed by atoms with Gasteiger partial charge in [-0.3, -0.25) is 10.1 Å². The van der Waals surface area contributed by atoms with E-state index in [4.69, 9.17) is 0 Å². The Morgan fingerprint density at radius 2 is 2.33 bits per heavy atom. The van der Waals surface area contributed by atoms with Gasteiger partial charge in [-0.1, -0.05) is 11.3 Å². The zero-order valence-electron chi connectivity index (χ0n) is 8.90. The van der Waals surface area contributed by atoms with E-state index in [1.165, 1.54) is 0 Å². The van der Waals surface area contributed by atoms with Crippen molar-refractivity contribution in [1.82, 2.24) is 4.90 Å². The molecule has 0 unspecified atom stereocenters. The molecule has 6 heteroatoms. The second kappa shape index (κ2) is 5.67. The lowest BCUT2D eigenvalue weighted by Gasteiger charge is -2.09. The highest BCUT2D eigenvalue weighted by Crippen LogP contribution is 2.30. The topological polar surface area (TPSA) is 58.4 Å². The number of hydrogen-bond acceptors (Lipinski definition) is 5. The van der Waals surface area contributed by atoms with Crippen molar-refractivity contribution in [2.45, 2.75) is 6.42 Å². The van der Waals surface area contributed by atoms with Gasteiger partial charge >= 0.3 is 5.00 Å². The van der Waals surface area contributed by atoms with E-state index in [0.717, 1.165) is 30.8 Å². The normalized spacial score (nSPS) is 10.6. The number of nitrogens with zero attached hydrogens (tertiary/aromatic N) is 2. The van der Waals surface area contributed by atoms with Crippen molar-refractivity contribution < 1.29 is 4.92 Å². The van der Waals surface area contributed by atoms with Gasteiger partial charge in [0.2, 0.25) is 0 Å². The maximum atomic E-state index is 10.6. The molecule has 1 N–H and O–H groups in total. The van der Waals surface area contributed by atoms with E-state index in [-0.39, 0.29) is 9.92 Å². The number of hydrogen-bond donors (Lipinski definition) is 1. The molecule has 1 rings (SSSR count). The summed E-state index contributed by atoms with van der Waals surface area (Å²) in [7, 11) is 4.01. The molecule has 0 spiro atoms. The van der Waals surface area contributed by atoms with Crippen LogP contribution in [0.25, 0.3) is 0 Å². The van der Waals surface area contributed by atoms with Gasteiger partial charge in [-0.2, -0.15) is 0 Å². The molecule has 0 saturated heterocycles. The van der Waals surface area contributed by atoms with Crippen LogP contribution >= 0.6 is 11.3 Å². The van der Waals surface area contributed by atoms with Crippen LogP contribution in [0.5, 0.6) is 0 Å². The van der Waals surface area contributed by atoms with Gasteiger partial charge in [-0.05, 0) is 38.5 Å². The van der Waals surface area contributed by atoms with Crippen LogP contribution in [0.3, 0.4) is 0 Å². The Bertz CT molecular complexity index is 325. The number of nitrogens with one attached hydrogen (secondary N) is 1. The van der Waals surface area contributed by atoms with Crippen molar-refractivity contribution in [3.8, 4) is 0 Å². The highest BCUT2D eigenvalue weighted by molar-refractivity contribution is 7.14. The summed E-state index contributed by atoms with van der Waals surface area (Å²) >= 11 is 1.15. The van der Waals surface area contributed by atoms with Crippen molar-refractivity contribution in [3.05, 3.63) is 21.6 Å². The van der Waals surface area contributed by atoms with Crippen LogP contribution in [-0.2, 0) is 0 Å². The molecule has 0 fully saturated rings. The highest BCUT2D eigenvalue weighted by Gasteiger charge is 2.14. The van der Waals surface area contributed by atoms with Gasteiger partial charge in [0.05, 0.1) is 4.92 Å². The summed E-state index contributed by atoms with van der Waals surface area (Å²) in [6.45, 7) is 1.74. The Morgan fingerprint density at radius 3 is 2.93 bits per heavy atom. The molecule has 0 aliphatic heterocycles. The zero-order chi connectivity index (χ0) is 11.3. The van der Waals surface area contributed by atoms with Crippen LogP contribution in [0.4, 0.5) is 10.7 Å². The van der Waals surface area contributed by atoms with Gasteiger partial charge in [-0.15, -0.1) is 0 Å². The third-order valence-electron chi connectivity index (χ3n) is 1.91. The summed E-state index contributed by atoms with van der Waals surface area (Å²) in [5.74, 6) is 0. The summed E-state index contributed by atoms with van der Waals surface area (Å²) in [6, 6.07) is 1.75. The van der Waals surface area contributed by atoms with Crippen LogP contribution in [0, 0.1) is 10.1 Å². The molecule has 0 atom stereocenters. The van der Waals surface area contributed by atoms with Gasteiger partial charge in [0.15, 0.2) is 0 Å². The lowest BCUT2D eigenvalue weighted by Crippen LogP contribution is -2.16. The Hall–Kier alpha value is -1.14. The van der Waals surface area contributed by atoms with E-state index in [1.54, 1.807) is 11.4 Å². The van der Waals surface area contributed by atoms with Crippen molar-refractivity contribution in [3.63, 3.8) is 0 Å². The van der Waals surface area contributed by atoms with Gasteiger partial charge in [0.1, 0.15) is 5.69 Å². The smallest absolute Gasteiger partial charge is 0.347 e. The van der Waals surface area contributed by atoms with Crippen LogP contribution < -0.4 is 5.32 Å². The van der Waals surface area contributed by atoms with Crippen LogP contribution in [0.1, 0.15) is 6.42 Å². The van der Waals surface area contributed by atoms with Gasteiger partial charge < -0.3 is 10.2 Å². The molecule has 0 radical (unpaired) electrons. The molecule has 5 nitrogen and oxygen atoms in total. The van der Waals surface area contributed by atoms with Crippen molar-refractivity contribution >= 4 is 22.0 Å². The minimum atomic E-state index is -0.348. The number of nitro groups is 1. The van der Waals surface area contributed by atoms with Crippen molar-refractivity contribution in [1.29, 1.82) is 0 Å². The van der Waals surface area contributed by atoms with E-state index < -0.39 is 0 Å². The van der Waals surface area contributed by atoms with E-state index in [9.17, 15) is 10.1 Å². The quantitative estimate of drug-likeness (QED) is 0.460.